The smallest absolute Gasteiger partial charge is 0.180 e. The minimum Gasteiger partial charge on any atom is -0.326 e. The average molecular weight is 254 g/mol. The summed E-state index contributed by atoms with van der Waals surface area (Å²) in [5.74, 6) is 0.667. The van der Waals surface area contributed by atoms with Crippen molar-refractivity contribution < 1.29 is 0 Å². The zero-order chi connectivity index (χ0) is 9.97. The first kappa shape index (κ1) is 9.29. The van der Waals surface area contributed by atoms with Gasteiger partial charge >= 0.3 is 0 Å². The molecule has 72 valence electrons. The number of hydrogen-bond donors (Lipinski definition) is 1. The van der Waals surface area contributed by atoms with Crippen molar-refractivity contribution in [3.05, 3.63) is 34.7 Å². The third-order valence-corrected chi connectivity index (χ3v) is 2.18. The van der Waals surface area contributed by atoms with Gasteiger partial charge in [-0.3, -0.25) is 0 Å². The predicted molar refractivity (Wildman–Crippen MR) is 54.7 cm³/mol. The van der Waals surface area contributed by atoms with E-state index < -0.39 is 0 Å². The molecule has 2 aromatic rings. The fourth-order valence-electron chi connectivity index (χ4n) is 1.12. The van der Waals surface area contributed by atoms with Crippen LogP contribution in [0.4, 0.5) is 0 Å². The van der Waals surface area contributed by atoms with E-state index in [1.807, 2.05) is 12.3 Å². The number of rotatable bonds is 2. The summed E-state index contributed by atoms with van der Waals surface area (Å²) >= 11 is 3.31. The lowest BCUT2D eigenvalue weighted by molar-refractivity contribution is 0.791. The number of nitrogens with zero attached hydrogens (tertiary/aromatic N) is 4. The molecule has 5 nitrogen and oxygen atoms in total. The van der Waals surface area contributed by atoms with Crippen LogP contribution < -0.4 is 5.73 Å². The second kappa shape index (κ2) is 3.85. The van der Waals surface area contributed by atoms with E-state index in [0.717, 1.165) is 10.0 Å². The molecule has 14 heavy (non-hydrogen) atoms. The van der Waals surface area contributed by atoms with E-state index in [0.29, 0.717) is 12.4 Å². The monoisotopic (exact) mass is 253 g/mol. The van der Waals surface area contributed by atoms with Gasteiger partial charge in [-0.15, -0.1) is 5.10 Å². The summed E-state index contributed by atoms with van der Waals surface area (Å²) in [5, 5.41) is 11.9. The first-order chi connectivity index (χ1) is 6.81. The third-order valence-electron chi connectivity index (χ3n) is 1.77. The third kappa shape index (κ3) is 1.66. The highest BCUT2D eigenvalue weighted by molar-refractivity contribution is 9.10. The van der Waals surface area contributed by atoms with Crippen molar-refractivity contribution in [1.82, 2.24) is 20.0 Å². The van der Waals surface area contributed by atoms with Crippen molar-refractivity contribution in [1.29, 1.82) is 0 Å². The molecule has 2 N–H and O–H groups in total. The lowest BCUT2D eigenvalue weighted by Crippen LogP contribution is -2.07. The van der Waals surface area contributed by atoms with Crippen LogP contribution >= 0.6 is 15.9 Å². The van der Waals surface area contributed by atoms with Crippen LogP contribution in [-0.4, -0.2) is 20.0 Å². The van der Waals surface area contributed by atoms with E-state index in [1.54, 1.807) is 17.1 Å². The van der Waals surface area contributed by atoms with Gasteiger partial charge in [0.05, 0.1) is 16.9 Å². The van der Waals surface area contributed by atoms with E-state index in [4.69, 9.17) is 5.73 Å². The van der Waals surface area contributed by atoms with Gasteiger partial charge in [0.1, 0.15) is 0 Å². The summed E-state index contributed by atoms with van der Waals surface area (Å²) in [6.45, 7) is 0.419. The molecule has 0 atom stereocenters. The predicted octanol–water partition coefficient (Wildman–Crippen LogP) is 0.883. The molecule has 0 bridgehead atoms. The molecule has 2 heterocycles. The van der Waals surface area contributed by atoms with Crippen molar-refractivity contribution in [2.24, 2.45) is 5.73 Å². The fourth-order valence-corrected chi connectivity index (χ4v) is 1.40. The van der Waals surface area contributed by atoms with Gasteiger partial charge in [0.2, 0.25) is 0 Å². The molecule has 0 amide bonds. The van der Waals surface area contributed by atoms with E-state index in [1.165, 1.54) is 0 Å². The molecule has 0 saturated heterocycles. The Hall–Kier alpha value is -1.27. The maximum absolute atomic E-state index is 5.57. The van der Waals surface area contributed by atoms with Gasteiger partial charge < -0.3 is 5.73 Å². The summed E-state index contributed by atoms with van der Waals surface area (Å²) in [4.78, 5) is 0. The molecule has 0 unspecified atom stereocenters. The summed E-state index contributed by atoms with van der Waals surface area (Å²) < 4.78 is 2.53. The van der Waals surface area contributed by atoms with Gasteiger partial charge in [-0.1, -0.05) is 0 Å². The molecule has 0 aliphatic carbocycles. The number of halogens is 1. The molecule has 6 heteroatoms. The van der Waals surface area contributed by atoms with Crippen LogP contribution in [0, 0.1) is 0 Å². The summed E-state index contributed by atoms with van der Waals surface area (Å²) in [7, 11) is 0. The lowest BCUT2D eigenvalue weighted by Gasteiger charge is -2.03. The van der Waals surface area contributed by atoms with Crippen LogP contribution in [0.5, 0.6) is 0 Å². The first-order valence-corrected chi connectivity index (χ1v) is 4.81. The van der Waals surface area contributed by atoms with Crippen LogP contribution in [0.15, 0.2) is 29.1 Å². The van der Waals surface area contributed by atoms with Crippen molar-refractivity contribution in [2.75, 3.05) is 0 Å². The van der Waals surface area contributed by atoms with Gasteiger partial charge in [-0.25, -0.2) is 4.68 Å². The molecule has 0 aliphatic heterocycles. The fraction of sp³-hybridized carbons (Fsp3) is 0.125. The minimum absolute atomic E-state index is 0.419. The van der Waals surface area contributed by atoms with Gasteiger partial charge in [0.15, 0.2) is 5.82 Å². The quantitative estimate of drug-likeness (QED) is 0.863. The summed E-state index contributed by atoms with van der Waals surface area (Å²) in [5.41, 5.74) is 6.49. The molecule has 0 spiro atoms. The highest BCUT2D eigenvalue weighted by atomic mass is 79.9. The zero-order valence-corrected chi connectivity index (χ0v) is 8.85. The molecule has 0 radical (unpaired) electrons. The van der Waals surface area contributed by atoms with E-state index in [2.05, 4.69) is 31.2 Å². The zero-order valence-electron chi connectivity index (χ0n) is 7.26. The highest BCUT2D eigenvalue weighted by Gasteiger charge is 2.05. The van der Waals surface area contributed by atoms with E-state index >= 15 is 0 Å². The van der Waals surface area contributed by atoms with Crippen LogP contribution in [0.2, 0.25) is 0 Å². The Morgan fingerprint density at radius 3 is 3.00 bits per heavy atom. The molecule has 0 saturated carbocycles. The maximum Gasteiger partial charge on any atom is 0.180 e. The topological polar surface area (TPSA) is 69.6 Å². The number of hydrogen-bond acceptors (Lipinski definition) is 4. The van der Waals surface area contributed by atoms with Crippen LogP contribution in [0.25, 0.3) is 5.82 Å². The van der Waals surface area contributed by atoms with Gasteiger partial charge in [0.25, 0.3) is 0 Å². The van der Waals surface area contributed by atoms with Crippen molar-refractivity contribution in [2.45, 2.75) is 6.54 Å². The molecule has 0 fully saturated rings. The SMILES string of the molecule is NCc1ccnnc1-n1cc(Br)cn1. The van der Waals surface area contributed by atoms with Gasteiger partial charge in [0, 0.05) is 18.3 Å². The summed E-state index contributed by atoms with van der Waals surface area (Å²) in [6.07, 6.45) is 5.11. The van der Waals surface area contributed by atoms with Crippen LogP contribution in [0.3, 0.4) is 0 Å². The second-order valence-electron chi connectivity index (χ2n) is 2.69. The maximum atomic E-state index is 5.57. The highest BCUT2D eigenvalue weighted by Crippen LogP contribution is 2.12. The Balaban J connectivity index is 2.50. The second-order valence-corrected chi connectivity index (χ2v) is 3.60. The van der Waals surface area contributed by atoms with Crippen molar-refractivity contribution >= 4 is 15.9 Å². The lowest BCUT2D eigenvalue weighted by atomic mass is 10.3. The van der Waals surface area contributed by atoms with Crippen LogP contribution in [0.1, 0.15) is 5.56 Å². The molecule has 0 aromatic carbocycles. The number of nitrogens with two attached hydrogens (primary N) is 1. The Morgan fingerprint density at radius 2 is 2.36 bits per heavy atom. The minimum atomic E-state index is 0.419. The first-order valence-electron chi connectivity index (χ1n) is 4.02. The Morgan fingerprint density at radius 1 is 1.50 bits per heavy atom. The molecule has 0 aliphatic rings. The molecular formula is C8H8BrN5. The molecule has 2 rings (SSSR count). The molecule has 2 aromatic heterocycles. The van der Waals surface area contributed by atoms with Crippen molar-refractivity contribution in [3.8, 4) is 5.82 Å². The Bertz CT molecular complexity index is 439. The standard InChI is InChI=1S/C8H8BrN5/c9-7-4-12-14(5-7)8-6(3-10)1-2-11-13-8/h1-2,4-5H,3,10H2. The largest absolute Gasteiger partial charge is 0.326 e. The van der Waals surface area contributed by atoms with E-state index in [-0.39, 0.29) is 0 Å². The Kier molecular flexibility index (Phi) is 2.55. The Labute approximate surface area is 89.1 Å². The average Bonchev–Trinajstić information content (AvgIpc) is 2.65. The van der Waals surface area contributed by atoms with Gasteiger partial charge in [-0.05, 0) is 22.0 Å². The number of aromatic nitrogens is 4. The summed E-state index contributed by atoms with van der Waals surface area (Å²) in [6, 6.07) is 1.83. The van der Waals surface area contributed by atoms with E-state index in [9.17, 15) is 0 Å². The van der Waals surface area contributed by atoms with Crippen molar-refractivity contribution in [3.63, 3.8) is 0 Å². The normalized spacial score (nSPS) is 10.4. The van der Waals surface area contributed by atoms with Gasteiger partial charge in [-0.2, -0.15) is 10.2 Å². The molecular weight excluding hydrogens is 246 g/mol. The van der Waals surface area contributed by atoms with Crippen LogP contribution in [-0.2, 0) is 6.54 Å².